The lowest BCUT2D eigenvalue weighted by atomic mass is 9.91. The predicted molar refractivity (Wildman–Crippen MR) is 78.8 cm³/mol. The molecule has 104 valence electrons. The van der Waals surface area contributed by atoms with E-state index >= 15 is 0 Å². The lowest BCUT2D eigenvalue weighted by molar-refractivity contribution is 0.318. The number of rotatable bonds is 2. The summed E-state index contributed by atoms with van der Waals surface area (Å²) in [7, 11) is 0. The Balaban J connectivity index is 2.39. The average molecular weight is 261 g/mol. The second-order valence-electron chi connectivity index (χ2n) is 5.86. The van der Waals surface area contributed by atoms with Crippen molar-refractivity contribution in [3.63, 3.8) is 0 Å². The Morgan fingerprint density at radius 1 is 1.32 bits per heavy atom. The minimum Gasteiger partial charge on any atom is -0.409 e. The van der Waals surface area contributed by atoms with Gasteiger partial charge in [-0.25, -0.2) is 0 Å². The molecule has 0 bridgehead atoms. The summed E-state index contributed by atoms with van der Waals surface area (Å²) in [5.74, 6) is 1.52. The van der Waals surface area contributed by atoms with Crippen molar-refractivity contribution in [2.45, 2.75) is 27.2 Å². The topological polar surface area (TPSA) is 61.9 Å². The van der Waals surface area contributed by atoms with Crippen LogP contribution >= 0.6 is 0 Å². The third-order valence-electron chi connectivity index (χ3n) is 3.75. The van der Waals surface area contributed by atoms with Crippen LogP contribution in [-0.2, 0) is 0 Å². The summed E-state index contributed by atoms with van der Waals surface area (Å²) in [4.78, 5) is 2.36. The second kappa shape index (κ2) is 5.51. The van der Waals surface area contributed by atoms with E-state index in [4.69, 9.17) is 10.9 Å². The molecule has 0 amide bonds. The smallest absolute Gasteiger partial charge is 0.172 e. The van der Waals surface area contributed by atoms with Crippen LogP contribution in [0.25, 0.3) is 0 Å². The highest BCUT2D eigenvalue weighted by atomic mass is 16.4. The molecule has 1 heterocycles. The fraction of sp³-hybridized carbons (Fsp3) is 0.533. The molecule has 1 saturated heterocycles. The zero-order chi connectivity index (χ0) is 14.0. The maximum atomic E-state index is 8.93. The van der Waals surface area contributed by atoms with Crippen molar-refractivity contribution in [2.24, 2.45) is 22.7 Å². The highest BCUT2D eigenvalue weighted by Gasteiger charge is 2.24. The molecular weight excluding hydrogens is 238 g/mol. The van der Waals surface area contributed by atoms with E-state index in [2.05, 4.69) is 36.9 Å². The van der Waals surface area contributed by atoms with Crippen LogP contribution in [0.1, 0.15) is 31.4 Å². The monoisotopic (exact) mass is 261 g/mol. The zero-order valence-corrected chi connectivity index (χ0v) is 11.9. The number of benzene rings is 1. The molecule has 0 radical (unpaired) electrons. The normalized spacial score (nSPS) is 24.6. The summed E-state index contributed by atoms with van der Waals surface area (Å²) in [6.45, 7) is 8.68. The molecule has 1 aliphatic rings. The van der Waals surface area contributed by atoms with Crippen LogP contribution in [0, 0.1) is 18.8 Å². The van der Waals surface area contributed by atoms with E-state index in [9.17, 15) is 0 Å². The quantitative estimate of drug-likeness (QED) is 0.372. The fourth-order valence-corrected chi connectivity index (χ4v) is 3.03. The Hall–Kier alpha value is -1.71. The number of aryl methyl sites for hydroxylation is 1. The van der Waals surface area contributed by atoms with E-state index in [0.717, 1.165) is 24.3 Å². The standard InChI is InChI=1S/C15H23N3O/c1-10-4-5-13(15(16)17-19)14(7-10)18-8-11(2)6-12(3)9-18/h4-5,7,11-12,19H,6,8-9H2,1-3H3,(H2,16,17). The van der Waals surface area contributed by atoms with Gasteiger partial charge in [0.15, 0.2) is 5.84 Å². The molecule has 0 spiro atoms. The summed E-state index contributed by atoms with van der Waals surface area (Å²) in [6, 6.07) is 6.05. The Morgan fingerprint density at radius 3 is 2.53 bits per heavy atom. The van der Waals surface area contributed by atoms with E-state index in [1.807, 2.05) is 12.1 Å². The van der Waals surface area contributed by atoms with Crippen molar-refractivity contribution in [2.75, 3.05) is 18.0 Å². The molecule has 4 heteroatoms. The van der Waals surface area contributed by atoms with Gasteiger partial charge in [-0.05, 0) is 42.9 Å². The predicted octanol–water partition coefficient (Wildman–Crippen LogP) is 2.57. The molecule has 4 nitrogen and oxygen atoms in total. The third kappa shape index (κ3) is 3.00. The average Bonchev–Trinajstić information content (AvgIpc) is 2.36. The number of hydrogen-bond acceptors (Lipinski definition) is 3. The molecule has 1 fully saturated rings. The minimum absolute atomic E-state index is 0.181. The lowest BCUT2D eigenvalue weighted by Gasteiger charge is -2.37. The summed E-state index contributed by atoms with van der Waals surface area (Å²) in [6.07, 6.45) is 1.27. The molecule has 2 unspecified atom stereocenters. The van der Waals surface area contributed by atoms with Gasteiger partial charge in [0.25, 0.3) is 0 Å². The van der Waals surface area contributed by atoms with Crippen molar-refractivity contribution < 1.29 is 5.21 Å². The van der Waals surface area contributed by atoms with Gasteiger partial charge < -0.3 is 15.8 Å². The van der Waals surface area contributed by atoms with Crippen molar-refractivity contribution in [1.29, 1.82) is 0 Å². The van der Waals surface area contributed by atoms with Gasteiger partial charge in [0, 0.05) is 24.3 Å². The number of oxime groups is 1. The van der Waals surface area contributed by atoms with Gasteiger partial charge in [-0.1, -0.05) is 25.1 Å². The molecule has 0 saturated carbocycles. The second-order valence-corrected chi connectivity index (χ2v) is 5.86. The SMILES string of the molecule is Cc1ccc(C(N)=NO)c(N2CC(C)CC(C)C2)c1. The first kappa shape index (κ1) is 13.7. The van der Waals surface area contributed by atoms with Crippen molar-refractivity contribution >= 4 is 11.5 Å². The van der Waals surface area contributed by atoms with E-state index < -0.39 is 0 Å². The molecule has 0 aromatic heterocycles. The molecule has 2 atom stereocenters. The molecular formula is C15H23N3O. The van der Waals surface area contributed by atoms with Crippen LogP contribution < -0.4 is 10.6 Å². The molecule has 2 rings (SSSR count). The van der Waals surface area contributed by atoms with Gasteiger partial charge in [-0.2, -0.15) is 0 Å². The number of anilines is 1. The van der Waals surface area contributed by atoms with Crippen LogP contribution in [0.15, 0.2) is 23.4 Å². The van der Waals surface area contributed by atoms with Gasteiger partial charge in [0.1, 0.15) is 0 Å². The first-order valence-electron chi connectivity index (χ1n) is 6.84. The minimum atomic E-state index is 0.181. The van der Waals surface area contributed by atoms with E-state index in [1.165, 1.54) is 12.0 Å². The van der Waals surface area contributed by atoms with Gasteiger partial charge in [0.2, 0.25) is 0 Å². The summed E-state index contributed by atoms with van der Waals surface area (Å²) >= 11 is 0. The highest BCUT2D eigenvalue weighted by molar-refractivity contribution is 6.02. The molecule has 1 aromatic carbocycles. The molecule has 19 heavy (non-hydrogen) atoms. The van der Waals surface area contributed by atoms with Crippen LogP contribution in [0.4, 0.5) is 5.69 Å². The van der Waals surface area contributed by atoms with Crippen LogP contribution in [0.5, 0.6) is 0 Å². The van der Waals surface area contributed by atoms with Gasteiger partial charge >= 0.3 is 0 Å². The van der Waals surface area contributed by atoms with Gasteiger partial charge in [-0.3, -0.25) is 0 Å². The van der Waals surface area contributed by atoms with Gasteiger partial charge in [0.05, 0.1) is 0 Å². The van der Waals surface area contributed by atoms with Crippen LogP contribution in [0.2, 0.25) is 0 Å². The van der Waals surface area contributed by atoms with Crippen LogP contribution in [0.3, 0.4) is 0 Å². The summed E-state index contributed by atoms with van der Waals surface area (Å²) in [5.41, 5.74) is 8.88. The van der Waals surface area contributed by atoms with Crippen molar-refractivity contribution in [1.82, 2.24) is 0 Å². The Bertz CT molecular complexity index is 474. The highest BCUT2D eigenvalue weighted by Crippen LogP contribution is 2.29. The Labute approximate surface area is 114 Å². The maximum absolute atomic E-state index is 8.93. The first-order valence-corrected chi connectivity index (χ1v) is 6.84. The number of piperidine rings is 1. The number of nitrogens with zero attached hydrogens (tertiary/aromatic N) is 2. The summed E-state index contributed by atoms with van der Waals surface area (Å²) in [5, 5.41) is 12.1. The molecule has 0 aliphatic carbocycles. The largest absolute Gasteiger partial charge is 0.409 e. The lowest BCUT2D eigenvalue weighted by Crippen LogP contribution is -2.39. The number of amidine groups is 1. The molecule has 1 aromatic rings. The van der Waals surface area contributed by atoms with Gasteiger partial charge in [-0.15, -0.1) is 0 Å². The maximum Gasteiger partial charge on any atom is 0.172 e. The van der Waals surface area contributed by atoms with E-state index in [0.29, 0.717) is 11.8 Å². The first-order chi connectivity index (χ1) is 9.01. The van der Waals surface area contributed by atoms with E-state index in [-0.39, 0.29) is 5.84 Å². The molecule has 3 N–H and O–H groups in total. The Morgan fingerprint density at radius 2 is 1.95 bits per heavy atom. The molecule has 1 aliphatic heterocycles. The van der Waals surface area contributed by atoms with E-state index in [1.54, 1.807) is 0 Å². The Kier molecular flexibility index (Phi) is 3.98. The summed E-state index contributed by atoms with van der Waals surface area (Å²) < 4.78 is 0. The number of nitrogens with two attached hydrogens (primary N) is 1. The number of hydrogen-bond donors (Lipinski definition) is 2. The van der Waals surface area contributed by atoms with Crippen molar-refractivity contribution in [3.05, 3.63) is 29.3 Å². The van der Waals surface area contributed by atoms with Crippen LogP contribution in [-0.4, -0.2) is 24.1 Å². The zero-order valence-electron chi connectivity index (χ0n) is 11.9. The third-order valence-corrected chi connectivity index (χ3v) is 3.75. The fourth-order valence-electron chi connectivity index (χ4n) is 3.03. The van der Waals surface area contributed by atoms with Crippen molar-refractivity contribution in [3.8, 4) is 0 Å².